The highest BCUT2D eigenvalue weighted by Crippen LogP contribution is 2.21. The fourth-order valence-electron chi connectivity index (χ4n) is 1.84. The Morgan fingerprint density at radius 2 is 2.00 bits per heavy atom. The molecule has 2 rings (SSSR count). The third-order valence-corrected chi connectivity index (χ3v) is 3.36. The van der Waals surface area contributed by atoms with Gasteiger partial charge in [-0.1, -0.05) is 28.1 Å². The van der Waals surface area contributed by atoms with Crippen molar-refractivity contribution in [3.05, 3.63) is 52.3 Å². The highest BCUT2D eigenvalue weighted by atomic mass is 79.9. The molecule has 0 fully saturated rings. The lowest BCUT2D eigenvalue weighted by molar-refractivity contribution is 0.494. The van der Waals surface area contributed by atoms with Gasteiger partial charge in [0.25, 0.3) is 0 Å². The SMILES string of the molecule is CC(NC(C)c1cccc(Br)c1)c1cn[nH]c1. The summed E-state index contributed by atoms with van der Waals surface area (Å²) in [6, 6.07) is 8.94. The molecular weight excluding hydrogens is 278 g/mol. The van der Waals surface area contributed by atoms with Crippen LogP contribution in [0, 0.1) is 0 Å². The maximum Gasteiger partial charge on any atom is 0.0534 e. The number of hydrogen-bond donors (Lipinski definition) is 2. The summed E-state index contributed by atoms with van der Waals surface area (Å²) in [4.78, 5) is 0. The number of H-pyrrole nitrogens is 1. The molecule has 0 aliphatic carbocycles. The first-order valence-electron chi connectivity index (χ1n) is 5.67. The van der Waals surface area contributed by atoms with Crippen LogP contribution in [0.1, 0.15) is 37.1 Å². The van der Waals surface area contributed by atoms with E-state index in [9.17, 15) is 0 Å². The van der Waals surface area contributed by atoms with Crippen molar-refractivity contribution in [3.63, 3.8) is 0 Å². The van der Waals surface area contributed by atoms with Crippen LogP contribution in [-0.2, 0) is 0 Å². The summed E-state index contributed by atoms with van der Waals surface area (Å²) in [5, 5.41) is 10.3. The molecule has 0 aliphatic heterocycles. The van der Waals surface area contributed by atoms with Gasteiger partial charge in [-0.15, -0.1) is 0 Å². The van der Waals surface area contributed by atoms with E-state index >= 15 is 0 Å². The van der Waals surface area contributed by atoms with Crippen molar-refractivity contribution in [2.75, 3.05) is 0 Å². The van der Waals surface area contributed by atoms with Crippen LogP contribution < -0.4 is 5.32 Å². The van der Waals surface area contributed by atoms with Crippen LogP contribution in [-0.4, -0.2) is 10.2 Å². The zero-order valence-electron chi connectivity index (χ0n) is 9.94. The maximum absolute atomic E-state index is 3.96. The lowest BCUT2D eigenvalue weighted by Crippen LogP contribution is -2.22. The van der Waals surface area contributed by atoms with Crippen molar-refractivity contribution in [1.29, 1.82) is 0 Å². The van der Waals surface area contributed by atoms with Gasteiger partial charge in [0.2, 0.25) is 0 Å². The Balaban J connectivity index is 2.04. The largest absolute Gasteiger partial charge is 0.304 e. The van der Waals surface area contributed by atoms with Crippen molar-refractivity contribution >= 4 is 15.9 Å². The van der Waals surface area contributed by atoms with E-state index in [1.807, 2.05) is 18.5 Å². The third kappa shape index (κ3) is 3.17. The molecule has 0 aliphatic rings. The Morgan fingerprint density at radius 3 is 2.65 bits per heavy atom. The van der Waals surface area contributed by atoms with Gasteiger partial charge in [0.1, 0.15) is 0 Å². The zero-order chi connectivity index (χ0) is 12.3. The Bertz CT molecular complexity index is 467. The molecule has 0 saturated carbocycles. The summed E-state index contributed by atoms with van der Waals surface area (Å²) < 4.78 is 1.11. The maximum atomic E-state index is 3.96. The topological polar surface area (TPSA) is 40.7 Å². The van der Waals surface area contributed by atoms with E-state index in [-0.39, 0.29) is 6.04 Å². The molecule has 2 N–H and O–H groups in total. The molecule has 0 amide bonds. The van der Waals surface area contributed by atoms with Crippen LogP contribution in [0.25, 0.3) is 0 Å². The minimum atomic E-state index is 0.280. The smallest absolute Gasteiger partial charge is 0.0534 e. The lowest BCUT2D eigenvalue weighted by Gasteiger charge is -2.19. The Hall–Kier alpha value is -1.13. The fraction of sp³-hybridized carbons (Fsp3) is 0.308. The predicted molar refractivity (Wildman–Crippen MR) is 72.7 cm³/mol. The predicted octanol–water partition coefficient (Wildman–Crippen LogP) is 3.58. The van der Waals surface area contributed by atoms with Crippen LogP contribution >= 0.6 is 15.9 Å². The highest BCUT2D eigenvalue weighted by molar-refractivity contribution is 9.10. The van der Waals surface area contributed by atoms with Crippen LogP contribution in [0.3, 0.4) is 0 Å². The van der Waals surface area contributed by atoms with Gasteiger partial charge in [-0.2, -0.15) is 5.10 Å². The van der Waals surface area contributed by atoms with Crippen molar-refractivity contribution in [2.24, 2.45) is 0 Å². The quantitative estimate of drug-likeness (QED) is 0.904. The molecule has 2 aromatic rings. The molecule has 2 unspecified atom stereocenters. The average Bonchev–Trinajstić information content (AvgIpc) is 2.82. The third-order valence-electron chi connectivity index (χ3n) is 2.87. The number of hydrogen-bond acceptors (Lipinski definition) is 2. The number of nitrogens with one attached hydrogen (secondary N) is 2. The molecule has 17 heavy (non-hydrogen) atoms. The molecule has 0 saturated heterocycles. The second-order valence-electron chi connectivity index (χ2n) is 4.20. The Kier molecular flexibility index (Phi) is 3.97. The molecule has 3 nitrogen and oxygen atoms in total. The van der Waals surface area contributed by atoms with E-state index in [2.05, 4.69) is 63.5 Å². The second kappa shape index (κ2) is 5.47. The van der Waals surface area contributed by atoms with Crippen LogP contribution in [0.2, 0.25) is 0 Å². The van der Waals surface area contributed by atoms with Crippen molar-refractivity contribution in [1.82, 2.24) is 15.5 Å². The summed E-state index contributed by atoms with van der Waals surface area (Å²) >= 11 is 3.49. The van der Waals surface area contributed by atoms with Gasteiger partial charge in [-0.3, -0.25) is 5.10 Å². The average molecular weight is 294 g/mol. The molecule has 1 heterocycles. The number of aromatic amines is 1. The highest BCUT2D eigenvalue weighted by Gasteiger charge is 2.11. The Morgan fingerprint density at radius 1 is 1.24 bits per heavy atom. The van der Waals surface area contributed by atoms with Crippen LogP contribution in [0.5, 0.6) is 0 Å². The summed E-state index contributed by atoms with van der Waals surface area (Å²) in [6.07, 6.45) is 3.77. The first-order chi connectivity index (χ1) is 8.16. The summed E-state index contributed by atoms with van der Waals surface area (Å²) in [5.74, 6) is 0. The number of aromatic nitrogens is 2. The van der Waals surface area contributed by atoms with E-state index in [1.54, 1.807) is 0 Å². The first kappa shape index (κ1) is 12.3. The van der Waals surface area contributed by atoms with E-state index in [1.165, 1.54) is 11.1 Å². The lowest BCUT2D eigenvalue weighted by atomic mass is 10.1. The van der Waals surface area contributed by atoms with Crippen molar-refractivity contribution in [2.45, 2.75) is 25.9 Å². The zero-order valence-corrected chi connectivity index (χ0v) is 11.5. The standard InChI is InChI=1S/C13H16BrN3/c1-9(11-4-3-5-13(14)6-11)17-10(2)12-7-15-16-8-12/h3-10,17H,1-2H3,(H,15,16). The fourth-order valence-corrected chi connectivity index (χ4v) is 2.26. The van der Waals surface area contributed by atoms with E-state index in [4.69, 9.17) is 0 Å². The number of benzene rings is 1. The van der Waals surface area contributed by atoms with Crippen LogP contribution in [0.15, 0.2) is 41.1 Å². The number of nitrogens with zero attached hydrogens (tertiary/aromatic N) is 1. The summed E-state index contributed by atoms with van der Waals surface area (Å²) in [5.41, 5.74) is 2.45. The summed E-state index contributed by atoms with van der Waals surface area (Å²) in [6.45, 7) is 4.30. The van der Waals surface area contributed by atoms with E-state index < -0.39 is 0 Å². The van der Waals surface area contributed by atoms with Gasteiger partial charge in [0.15, 0.2) is 0 Å². The van der Waals surface area contributed by atoms with Gasteiger partial charge in [0.05, 0.1) is 6.20 Å². The minimum Gasteiger partial charge on any atom is -0.304 e. The van der Waals surface area contributed by atoms with Gasteiger partial charge in [0, 0.05) is 28.3 Å². The summed E-state index contributed by atoms with van der Waals surface area (Å²) in [7, 11) is 0. The molecule has 0 spiro atoms. The monoisotopic (exact) mass is 293 g/mol. The molecule has 1 aromatic carbocycles. The molecule has 0 radical (unpaired) electrons. The molecule has 2 atom stereocenters. The molecule has 4 heteroatoms. The number of rotatable bonds is 4. The van der Waals surface area contributed by atoms with Crippen molar-refractivity contribution < 1.29 is 0 Å². The van der Waals surface area contributed by atoms with E-state index in [0.717, 1.165) is 4.47 Å². The minimum absolute atomic E-state index is 0.280. The first-order valence-corrected chi connectivity index (χ1v) is 6.46. The molecule has 0 bridgehead atoms. The van der Waals surface area contributed by atoms with Crippen molar-refractivity contribution in [3.8, 4) is 0 Å². The molecule has 1 aromatic heterocycles. The van der Waals surface area contributed by atoms with Crippen LogP contribution in [0.4, 0.5) is 0 Å². The molecule has 90 valence electrons. The number of halogens is 1. The molecular formula is C13H16BrN3. The Labute approximate surface area is 110 Å². The van der Waals surface area contributed by atoms with Gasteiger partial charge >= 0.3 is 0 Å². The van der Waals surface area contributed by atoms with Gasteiger partial charge in [-0.25, -0.2) is 0 Å². The second-order valence-corrected chi connectivity index (χ2v) is 5.11. The van der Waals surface area contributed by atoms with Gasteiger partial charge in [-0.05, 0) is 31.5 Å². The van der Waals surface area contributed by atoms with E-state index in [0.29, 0.717) is 6.04 Å². The van der Waals surface area contributed by atoms with Gasteiger partial charge < -0.3 is 5.32 Å². The normalized spacial score (nSPS) is 14.5.